The summed E-state index contributed by atoms with van der Waals surface area (Å²) in [5, 5.41) is 3.55. The Bertz CT molecular complexity index is 209. The van der Waals surface area contributed by atoms with Gasteiger partial charge in [-0.25, -0.2) is 0 Å². The Labute approximate surface area is 93.8 Å². The van der Waals surface area contributed by atoms with Gasteiger partial charge in [-0.1, -0.05) is 13.8 Å². The van der Waals surface area contributed by atoms with Gasteiger partial charge in [0.15, 0.2) is 0 Å². The van der Waals surface area contributed by atoms with Crippen molar-refractivity contribution in [2.45, 2.75) is 46.1 Å². The molecule has 0 radical (unpaired) electrons. The van der Waals surface area contributed by atoms with Crippen LogP contribution in [0.3, 0.4) is 0 Å². The Morgan fingerprint density at radius 2 is 2.13 bits per heavy atom. The van der Waals surface area contributed by atoms with Crippen LogP contribution in [-0.2, 0) is 4.74 Å². The van der Waals surface area contributed by atoms with E-state index in [-0.39, 0.29) is 0 Å². The molecule has 2 nitrogen and oxygen atoms in total. The lowest BCUT2D eigenvalue weighted by Crippen LogP contribution is -2.56. The summed E-state index contributed by atoms with van der Waals surface area (Å²) in [6, 6.07) is 0. The molecule has 1 spiro atoms. The van der Waals surface area contributed by atoms with Crippen LogP contribution in [0, 0.1) is 17.3 Å². The molecule has 0 aromatic heterocycles. The van der Waals surface area contributed by atoms with Crippen LogP contribution in [-0.4, -0.2) is 25.8 Å². The highest BCUT2D eigenvalue weighted by molar-refractivity contribution is 5.02. The van der Waals surface area contributed by atoms with Crippen LogP contribution in [0.15, 0.2) is 0 Å². The lowest BCUT2D eigenvalue weighted by Gasteiger charge is -2.56. The maximum atomic E-state index is 5.71. The second-order valence-corrected chi connectivity index (χ2v) is 5.65. The van der Waals surface area contributed by atoms with Crippen LogP contribution in [0.2, 0.25) is 0 Å². The van der Waals surface area contributed by atoms with Crippen molar-refractivity contribution in [3.8, 4) is 0 Å². The van der Waals surface area contributed by atoms with E-state index in [1.165, 1.54) is 32.4 Å². The van der Waals surface area contributed by atoms with Crippen LogP contribution >= 0.6 is 0 Å². The fraction of sp³-hybridized carbons (Fsp3) is 1.00. The maximum absolute atomic E-state index is 5.71. The van der Waals surface area contributed by atoms with Gasteiger partial charge < -0.3 is 10.1 Å². The highest BCUT2D eigenvalue weighted by atomic mass is 16.5. The predicted molar refractivity (Wildman–Crippen MR) is 62.9 cm³/mol. The van der Waals surface area contributed by atoms with E-state index in [9.17, 15) is 0 Å². The zero-order valence-corrected chi connectivity index (χ0v) is 10.4. The van der Waals surface area contributed by atoms with Crippen molar-refractivity contribution >= 4 is 0 Å². The number of hydrogen-bond donors (Lipinski definition) is 1. The van der Waals surface area contributed by atoms with Crippen molar-refractivity contribution in [3.63, 3.8) is 0 Å². The summed E-state index contributed by atoms with van der Waals surface area (Å²) >= 11 is 0. The van der Waals surface area contributed by atoms with Crippen LogP contribution < -0.4 is 5.32 Å². The molecule has 1 heterocycles. The standard InChI is InChI=1S/C13H25NO/c1-4-15-11-7-13(8-11)5-6-14-9-12(13)10(2)3/h10-12,14H,4-9H2,1-3H3. The van der Waals surface area contributed by atoms with Gasteiger partial charge in [0.25, 0.3) is 0 Å². The van der Waals surface area contributed by atoms with E-state index < -0.39 is 0 Å². The topological polar surface area (TPSA) is 21.3 Å². The third-order valence-corrected chi connectivity index (χ3v) is 4.43. The van der Waals surface area contributed by atoms with Crippen molar-refractivity contribution in [3.05, 3.63) is 0 Å². The normalized spacial score (nSPS) is 40.8. The molecule has 1 saturated carbocycles. The van der Waals surface area contributed by atoms with Gasteiger partial charge in [-0.15, -0.1) is 0 Å². The van der Waals surface area contributed by atoms with E-state index in [0.717, 1.165) is 18.4 Å². The zero-order valence-electron chi connectivity index (χ0n) is 10.4. The van der Waals surface area contributed by atoms with Crippen LogP contribution in [0.1, 0.15) is 40.0 Å². The number of ether oxygens (including phenoxy) is 1. The first-order chi connectivity index (χ1) is 7.18. The van der Waals surface area contributed by atoms with Crippen LogP contribution in [0.5, 0.6) is 0 Å². The molecule has 15 heavy (non-hydrogen) atoms. The molecule has 0 amide bonds. The van der Waals surface area contributed by atoms with Gasteiger partial charge in [-0.3, -0.25) is 0 Å². The van der Waals surface area contributed by atoms with E-state index >= 15 is 0 Å². The van der Waals surface area contributed by atoms with Gasteiger partial charge in [0.2, 0.25) is 0 Å². The Balaban J connectivity index is 1.94. The molecule has 2 rings (SSSR count). The Hall–Kier alpha value is -0.0800. The summed E-state index contributed by atoms with van der Waals surface area (Å²) in [4.78, 5) is 0. The number of nitrogens with one attached hydrogen (secondary N) is 1. The lowest BCUT2D eigenvalue weighted by molar-refractivity contribution is -0.125. The van der Waals surface area contributed by atoms with E-state index in [1.54, 1.807) is 0 Å². The molecule has 2 fully saturated rings. The van der Waals surface area contributed by atoms with Gasteiger partial charge in [0.1, 0.15) is 0 Å². The summed E-state index contributed by atoms with van der Waals surface area (Å²) in [5.41, 5.74) is 0.624. The molecular formula is C13H25NO. The first kappa shape index (κ1) is 11.4. The molecule has 0 bridgehead atoms. The number of rotatable bonds is 3. The van der Waals surface area contributed by atoms with Crippen molar-refractivity contribution < 1.29 is 4.74 Å². The van der Waals surface area contributed by atoms with Crippen molar-refractivity contribution in [1.29, 1.82) is 0 Å². The Kier molecular flexibility index (Phi) is 3.36. The monoisotopic (exact) mass is 211 g/mol. The minimum atomic E-state index is 0.564. The van der Waals surface area contributed by atoms with Gasteiger partial charge >= 0.3 is 0 Å². The molecule has 1 N–H and O–H groups in total. The summed E-state index contributed by atoms with van der Waals surface area (Å²) in [7, 11) is 0. The van der Waals surface area contributed by atoms with Gasteiger partial charge in [-0.2, -0.15) is 0 Å². The number of hydrogen-bond acceptors (Lipinski definition) is 2. The minimum absolute atomic E-state index is 0.564. The van der Waals surface area contributed by atoms with Crippen molar-refractivity contribution in [2.75, 3.05) is 19.7 Å². The fourth-order valence-corrected chi connectivity index (χ4v) is 3.65. The van der Waals surface area contributed by atoms with Gasteiger partial charge in [-0.05, 0) is 56.5 Å². The molecule has 1 aliphatic heterocycles. The van der Waals surface area contributed by atoms with E-state index in [1.807, 2.05) is 0 Å². The summed E-state index contributed by atoms with van der Waals surface area (Å²) in [6.07, 6.45) is 4.55. The third kappa shape index (κ3) is 2.07. The highest BCUT2D eigenvalue weighted by Crippen LogP contribution is 2.54. The van der Waals surface area contributed by atoms with Crippen molar-refractivity contribution in [1.82, 2.24) is 5.32 Å². The third-order valence-electron chi connectivity index (χ3n) is 4.43. The predicted octanol–water partition coefficient (Wildman–Crippen LogP) is 2.44. The molecular weight excluding hydrogens is 186 g/mol. The van der Waals surface area contributed by atoms with E-state index in [4.69, 9.17) is 4.74 Å². The Morgan fingerprint density at radius 1 is 1.40 bits per heavy atom. The average molecular weight is 211 g/mol. The maximum Gasteiger partial charge on any atom is 0.0585 e. The van der Waals surface area contributed by atoms with E-state index in [0.29, 0.717) is 11.5 Å². The summed E-state index contributed by atoms with van der Waals surface area (Å²) in [5.74, 6) is 1.67. The molecule has 2 heteroatoms. The molecule has 1 saturated heterocycles. The van der Waals surface area contributed by atoms with Crippen molar-refractivity contribution in [2.24, 2.45) is 17.3 Å². The molecule has 2 aliphatic rings. The summed E-state index contributed by atoms with van der Waals surface area (Å²) < 4.78 is 5.71. The van der Waals surface area contributed by atoms with Gasteiger partial charge in [0, 0.05) is 6.61 Å². The summed E-state index contributed by atoms with van der Waals surface area (Å²) in [6.45, 7) is 10.2. The largest absolute Gasteiger partial charge is 0.378 e. The lowest BCUT2D eigenvalue weighted by atomic mass is 9.54. The van der Waals surface area contributed by atoms with E-state index in [2.05, 4.69) is 26.1 Å². The molecule has 1 atom stereocenters. The molecule has 0 aromatic carbocycles. The second kappa shape index (κ2) is 4.42. The fourth-order valence-electron chi connectivity index (χ4n) is 3.65. The molecule has 1 aliphatic carbocycles. The molecule has 0 aromatic rings. The SMILES string of the molecule is CCOC1CC2(CCNCC2C(C)C)C1. The highest BCUT2D eigenvalue weighted by Gasteiger charge is 2.51. The quantitative estimate of drug-likeness (QED) is 0.774. The Morgan fingerprint density at radius 3 is 2.73 bits per heavy atom. The zero-order chi connectivity index (χ0) is 10.9. The van der Waals surface area contributed by atoms with Crippen LogP contribution in [0.25, 0.3) is 0 Å². The average Bonchev–Trinajstić information content (AvgIpc) is 2.16. The smallest absolute Gasteiger partial charge is 0.0585 e. The first-order valence-electron chi connectivity index (χ1n) is 6.50. The minimum Gasteiger partial charge on any atom is -0.378 e. The first-order valence-corrected chi connectivity index (χ1v) is 6.50. The van der Waals surface area contributed by atoms with Gasteiger partial charge in [0.05, 0.1) is 6.10 Å². The number of piperidine rings is 1. The second-order valence-electron chi connectivity index (χ2n) is 5.65. The molecule has 88 valence electrons. The van der Waals surface area contributed by atoms with Crippen LogP contribution in [0.4, 0.5) is 0 Å². The molecule has 1 unspecified atom stereocenters.